The number of hydrogen-bond acceptors (Lipinski definition) is 5. The zero-order chi connectivity index (χ0) is 14.7. The Kier molecular flexibility index (Phi) is 4.16. The van der Waals surface area contributed by atoms with Crippen LogP contribution in [0.5, 0.6) is 0 Å². The third kappa shape index (κ3) is 2.71. The average Bonchev–Trinajstić information content (AvgIpc) is 2.67. The summed E-state index contributed by atoms with van der Waals surface area (Å²) in [6.45, 7) is 1.31. The van der Waals surface area contributed by atoms with Crippen molar-refractivity contribution in [3.05, 3.63) is 41.6 Å². The second kappa shape index (κ2) is 5.85. The molecule has 0 fully saturated rings. The SMILES string of the molecule is CC(O)c1ccccc1NC1=CC(=O)N(CCO)C1=O. The van der Waals surface area contributed by atoms with Crippen molar-refractivity contribution in [2.45, 2.75) is 13.0 Å². The Morgan fingerprint density at radius 2 is 2.00 bits per heavy atom. The Labute approximate surface area is 116 Å². The van der Waals surface area contributed by atoms with Crippen LogP contribution in [-0.4, -0.2) is 40.1 Å². The van der Waals surface area contributed by atoms with E-state index < -0.39 is 17.9 Å². The third-order valence-electron chi connectivity index (χ3n) is 3.01. The van der Waals surface area contributed by atoms with E-state index in [1.807, 2.05) is 0 Å². The smallest absolute Gasteiger partial charge is 0.277 e. The minimum absolute atomic E-state index is 0.0304. The van der Waals surface area contributed by atoms with E-state index in [9.17, 15) is 14.7 Å². The average molecular weight is 276 g/mol. The van der Waals surface area contributed by atoms with E-state index >= 15 is 0 Å². The Morgan fingerprint density at radius 1 is 1.30 bits per heavy atom. The molecule has 0 aromatic heterocycles. The van der Waals surface area contributed by atoms with Crippen molar-refractivity contribution >= 4 is 17.5 Å². The van der Waals surface area contributed by atoms with Gasteiger partial charge in [-0.2, -0.15) is 0 Å². The number of aliphatic hydroxyl groups excluding tert-OH is 2. The van der Waals surface area contributed by atoms with Gasteiger partial charge in [-0.3, -0.25) is 14.5 Å². The molecule has 0 saturated heterocycles. The van der Waals surface area contributed by atoms with Crippen LogP contribution in [-0.2, 0) is 9.59 Å². The molecule has 0 spiro atoms. The van der Waals surface area contributed by atoms with Crippen molar-refractivity contribution in [3.8, 4) is 0 Å². The van der Waals surface area contributed by atoms with Gasteiger partial charge in [0.15, 0.2) is 0 Å². The number of imide groups is 1. The van der Waals surface area contributed by atoms with Crippen molar-refractivity contribution in [3.63, 3.8) is 0 Å². The topological polar surface area (TPSA) is 89.9 Å². The van der Waals surface area contributed by atoms with Crippen LogP contribution in [0, 0.1) is 0 Å². The molecule has 1 aromatic rings. The van der Waals surface area contributed by atoms with Crippen LogP contribution in [0.4, 0.5) is 5.69 Å². The zero-order valence-corrected chi connectivity index (χ0v) is 11.0. The van der Waals surface area contributed by atoms with E-state index in [4.69, 9.17) is 5.11 Å². The number of benzene rings is 1. The lowest BCUT2D eigenvalue weighted by Crippen LogP contribution is -2.34. The highest BCUT2D eigenvalue weighted by Gasteiger charge is 2.30. The molecule has 1 aliphatic heterocycles. The molecule has 2 amide bonds. The fraction of sp³-hybridized carbons (Fsp3) is 0.286. The molecule has 3 N–H and O–H groups in total. The highest BCUT2D eigenvalue weighted by molar-refractivity contribution is 6.17. The molecule has 1 atom stereocenters. The minimum atomic E-state index is -0.694. The number of nitrogens with zero attached hydrogens (tertiary/aromatic N) is 1. The van der Waals surface area contributed by atoms with Crippen molar-refractivity contribution in [1.29, 1.82) is 0 Å². The van der Waals surface area contributed by atoms with Gasteiger partial charge in [-0.1, -0.05) is 18.2 Å². The maximum Gasteiger partial charge on any atom is 0.277 e. The van der Waals surface area contributed by atoms with E-state index in [1.54, 1.807) is 31.2 Å². The number of carbonyl (C=O) groups excluding carboxylic acids is 2. The van der Waals surface area contributed by atoms with Crippen LogP contribution in [0.3, 0.4) is 0 Å². The van der Waals surface area contributed by atoms with Gasteiger partial charge in [0.25, 0.3) is 11.8 Å². The molecule has 0 bridgehead atoms. The Morgan fingerprint density at radius 3 is 2.65 bits per heavy atom. The molecule has 0 saturated carbocycles. The summed E-state index contributed by atoms with van der Waals surface area (Å²) in [6, 6.07) is 7.00. The van der Waals surface area contributed by atoms with Gasteiger partial charge in [-0.25, -0.2) is 0 Å². The summed E-state index contributed by atoms with van der Waals surface area (Å²) in [7, 11) is 0. The van der Waals surface area contributed by atoms with Gasteiger partial charge in [-0.15, -0.1) is 0 Å². The highest BCUT2D eigenvalue weighted by atomic mass is 16.3. The molecule has 2 rings (SSSR count). The lowest BCUT2D eigenvalue weighted by Gasteiger charge is -2.16. The summed E-state index contributed by atoms with van der Waals surface area (Å²) < 4.78 is 0. The van der Waals surface area contributed by atoms with Crippen LogP contribution < -0.4 is 5.32 Å². The maximum atomic E-state index is 12.0. The largest absolute Gasteiger partial charge is 0.395 e. The second-order valence-electron chi connectivity index (χ2n) is 4.46. The van der Waals surface area contributed by atoms with Gasteiger partial charge in [-0.05, 0) is 13.0 Å². The zero-order valence-electron chi connectivity index (χ0n) is 11.0. The summed E-state index contributed by atoms with van der Waals surface area (Å²) >= 11 is 0. The lowest BCUT2D eigenvalue weighted by molar-refractivity contribution is -0.137. The molecular formula is C14H16N2O4. The van der Waals surface area contributed by atoms with E-state index in [0.717, 1.165) is 4.90 Å². The molecule has 0 radical (unpaired) electrons. The third-order valence-corrected chi connectivity index (χ3v) is 3.01. The van der Waals surface area contributed by atoms with Gasteiger partial charge in [0.1, 0.15) is 5.70 Å². The molecule has 6 heteroatoms. The summed E-state index contributed by atoms with van der Waals surface area (Å²) in [5.74, 6) is -0.939. The number of β-amino-alcohol motifs (C(OH)–C–C–N with tert-alkyl or cyclic N) is 1. The molecule has 0 aliphatic carbocycles. The Bertz CT molecular complexity index is 566. The molecular weight excluding hydrogens is 260 g/mol. The maximum absolute atomic E-state index is 12.0. The molecule has 6 nitrogen and oxygen atoms in total. The van der Waals surface area contributed by atoms with E-state index in [2.05, 4.69) is 5.32 Å². The van der Waals surface area contributed by atoms with Crippen LogP contribution in [0.2, 0.25) is 0 Å². The minimum Gasteiger partial charge on any atom is -0.395 e. The summed E-state index contributed by atoms with van der Waals surface area (Å²) in [6.07, 6.45) is 0.497. The first-order chi connectivity index (χ1) is 9.54. The quantitative estimate of drug-likeness (QED) is 0.677. The monoisotopic (exact) mass is 276 g/mol. The van der Waals surface area contributed by atoms with Crippen molar-refractivity contribution in [1.82, 2.24) is 4.90 Å². The van der Waals surface area contributed by atoms with Gasteiger partial charge >= 0.3 is 0 Å². The van der Waals surface area contributed by atoms with Crippen LogP contribution in [0.1, 0.15) is 18.6 Å². The molecule has 1 unspecified atom stereocenters. The number of rotatable bonds is 5. The molecule has 1 aromatic carbocycles. The van der Waals surface area contributed by atoms with E-state index in [1.165, 1.54) is 6.08 Å². The van der Waals surface area contributed by atoms with Gasteiger partial charge in [0.05, 0.1) is 19.3 Å². The highest BCUT2D eigenvalue weighted by Crippen LogP contribution is 2.25. The number of nitrogens with one attached hydrogen (secondary N) is 1. The summed E-state index contributed by atoms with van der Waals surface area (Å²) in [4.78, 5) is 24.6. The number of carbonyl (C=O) groups is 2. The first kappa shape index (κ1) is 14.2. The van der Waals surface area contributed by atoms with Crippen LogP contribution >= 0.6 is 0 Å². The first-order valence-electron chi connectivity index (χ1n) is 6.27. The van der Waals surface area contributed by atoms with E-state index in [-0.39, 0.29) is 18.8 Å². The molecule has 20 heavy (non-hydrogen) atoms. The van der Waals surface area contributed by atoms with Crippen molar-refractivity contribution in [2.24, 2.45) is 0 Å². The Hall–Kier alpha value is -2.18. The van der Waals surface area contributed by atoms with Crippen molar-refractivity contribution < 1.29 is 19.8 Å². The van der Waals surface area contributed by atoms with Gasteiger partial charge in [0, 0.05) is 17.3 Å². The second-order valence-corrected chi connectivity index (χ2v) is 4.46. The number of hydrogen-bond donors (Lipinski definition) is 3. The fourth-order valence-electron chi connectivity index (χ4n) is 2.03. The van der Waals surface area contributed by atoms with E-state index in [0.29, 0.717) is 11.3 Å². The van der Waals surface area contributed by atoms with Gasteiger partial charge in [0.2, 0.25) is 0 Å². The normalized spacial score (nSPS) is 16.4. The number of amides is 2. The van der Waals surface area contributed by atoms with Crippen LogP contribution in [0.15, 0.2) is 36.0 Å². The predicted molar refractivity (Wildman–Crippen MR) is 72.6 cm³/mol. The fourth-order valence-corrected chi connectivity index (χ4v) is 2.03. The standard InChI is InChI=1S/C14H16N2O4/c1-9(18)10-4-2-3-5-11(10)15-12-8-13(19)16(6-7-17)14(12)20/h2-5,8-9,15,17-18H,6-7H2,1H3. The Balaban J connectivity index is 2.22. The molecule has 106 valence electrons. The summed E-state index contributed by atoms with van der Waals surface area (Å²) in [5, 5.41) is 21.4. The molecule has 1 heterocycles. The molecule has 1 aliphatic rings. The van der Waals surface area contributed by atoms with Gasteiger partial charge < -0.3 is 15.5 Å². The predicted octanol–water partition coefficient (Wildman–Crippen LogP) is 0.397. The number of aliphatic hydroxyl groups is 2. The number of anilines is 1. The first-order valence-corrected chi connectivity index (χ1v) is 6.27. The van der Waals surface area contributed by atoms with Crippen LogP contribution in [0.25, 0.3) is 0 Å². The lowest BCUT2D eigenvalue weighted by atomic mass is 10.1. The van der Waals surface area contributed by atoms with Crippen molar-refractivity contribution in [2.75, 3.05) is 18.5 Å². The summed E-state index contributed by atoms with van der Waals surface area (Å²) in [5.41, 5.74) is 1.34. The number of para-hydroxylation sites is 1.